The van der Waals surface area contributed by atoms with Crippen molar-refractivity contribution in [3.05, 3.63) is 71.0 Å². The van der Waals surface area contributed by atoms with Gasteiger partial charge in [0.05, 0.1) is 12.1 Å². The minimum Gasteiger partial charge on any atom is -0.351 e. The van der Waals surface area contributed by atoms with E-state index in [4.69, 9.17) is 5.73 Å². The van der Waals surface area contributed by atoms with Gasteiger partial charge in [-0.05, 0) is 48.8 Å². The van der Waals surface area contributed by atoms with Crippen LogP contribution >= 0.6 is 12.4 Å². The highest BCUT2D eigenvalue weighted by molar-refractivity contribution is 5.85. The van der Waals surface area contributed by atoms with Gasteiger partial charge in [-0.2, -0.15) is 5.26 Å². The van der Waals surface area contributed by atoms with Crippen LogP contribution < -0.4 is 11.1 Å². The number of fused-ring (bicyclic) bond motifs is 1. The standard InChI is InChI=1S/C25H25F3N4O2.ClH/c26-19-12-21(28)20(27)9-15(19)7-17(11-24(33)32-18(13-29)8-16-10-23(16)32)31-25(34)22(30)6-14-4-2-1-3-5-14;/h1-5,9,12,16-18,22-23H,6-8,10-11,30H2,(H,31,34);1H/t16?,17-,18?,22?,23?;/m1./s1. The number of amides is 2. The summed E-state index contributed by atoms with van der Waals surface area (Å²) >= 11 is 0. The van der Waals surface area contributed by atoms with Crippen molar-refractivity contribution in [2.75, 3.05) is 0 Å². The smallest absolute Gasteiger partial charge is 0.237 e. The summed E-state index contributed by atoms with van der Waals surface area (Å²) in [4.78, 5) is 27.4. The number of carbonyl (C=O) groups is 2. The van der Waals surface area contributed by atoms with Crippen LogP contribution in [0.2, 0.25) is 0 Å². The molecule has 10 heteroatoms. The molecule has 4 unspecified atom stereocenters. The van der Waals surface area contributed by atoms with Gasteiger partial charge in [0.1, 0.15) is 11.9 Å². The fraction of sp³-hybridized carbons (Fsp3) is 0.400. The third-order valence-electron chi connectivity index (χ3n) is 6.50. The van der Waals surface area contributed by atoms with E-state index in [1.807, 2.05) is 30.3 Å². The molecule has 186 valence electrons. The van der Waals surface area contributed by atoms with Crippen LogP contribution in [0.1, 0.15) is 30.4 Å². The molecule has 1 saturated carbocycles. The van der Waals surface area contributed by atoms with E-state index in [-0.39, 0.29) is 49.2 Å². The van der Waals surface area contributed by atoms with Crippen LogP contribution in [0.15, 0.2) is 42.5 Å². The molecule has 6 nitrogen and oxygen atoms in total. The van der Waals surface area contributed by atoms with Gasteiger partial charge < -0.3 is 16.0 Å². The lowest BCUT2D eigenvalue weighted by Crippen LogP contribution is -2.49. The Balaban J connectivity index is 0.00000342. The number of likely N-dealkylation sites (tertiary alicyclic amines) is 1. The first-order valence-corrected chi connectivity index (χ1v) is 11.2. The second kappa shape index (κ2) is 11.1. The summed E-state index contributed by atoms with van der Waals surface area (Å²) in [6.45, 7) is 0. The Morgan fingerprint density at radius 2 is 1.77 bits per heavy atom. The van der Waals surface area contributed by atoms with Crippen LogP contribution in [-0.4, -0.2) is 40.9 Å². The highest BCUT2D eigenvalue weighted by Gasteiger charge is 2.54. The molecule has 1 heterocycles. The minimum absolute atomic E-state index is 0. The van der Waals surface area contributed by atoms with Gasteiger partial charge in [-0.1, -0.05) is 30.3 Å². The number of halogens is 4. The molecule has 35 heavy (non-hydrogen) atoms. The molecule has 1 aliphatic carbocycles. The lowest BCUT2D eigenvalue weighted by Gasteiger charge is -2.27. The Morgan fingerprint density at radius 3 is 2.46 bits per heavy atom. The molecule has 0 aromatic heterocycles. The first kappa shape index (κ1) is 26.5. The molecule has 1 aliphatic heterocycles. The molecular weight excluding hydrogens is 481 g/mol. The fourth-order valence-corrected chi connectivity index (χ4v) is 4.68. The minimum atomic E-state index is -1.32. The molecule has 2 aromatic rings. The van der Waals surface area contributed by atoms with E-state index < -0.39 is 41.5 Å². The summed E-state index contributed by atoms with van der Waals surface area (Å²) in [5.41, 5.74) is 6.73. The molecule has 1 saturated heterocycles. The predicted octanol–water partition coefficient (Wildman–Crippen LogP) is 3.03. The Hall–Kier alpha value is -3.09. The van der Waals surface area contributed by atoms with Crippen LogP contribution in [0.5, 0.6) is 0 Å². The highest BCUT2D eigenvalue weighted by Crippen LogP contribution is 2.47. The van der Waals surface area contributed by atoms with Crippen LogP contribution in [0.25, 0.3) is 0 Å². The summed E-state index contributed by atoms with van der Waals surface area (Å²) in [5.74, 6) is -4.11. The number of nitrogens with two attached hydrogens (primary N) is 1. The Labute approximate surface area is 207 Å². The van der Waals surface area contributed by atoms with E-state index in [0.29, 0.717) is 18.4 Å². The van der Waals surface area contributed by atoms with Crippen molar-refractivity contribution in [3.8, 4) is 6.07 Å². The zero-order chi connectivity index (χ0) is 24.4. The fourth-order valence-electron chi connectivity index (χ4n) is 4.68. The number of nitriles is 1. The molecule has 3 N–H and O–H groups in total. The Kier molecular flexibility index (Phi) is 8.41. The third kappa shape index (κ3) is 6.13. The van der Waals surface area contributed by atoms with Gasteiger partial charge >= 0.3 is 0 Å². The Morgan fingerprint density at radius 1 is 1.09 bits per heavy atom. The molecule has 2 fully saturated rings. The molecule has 2 aromatic carbocycles. The summed E-state index contributed by atoms with van der Waals surface area (Å²) in [5, 5.41) is 12.1. The van der Waals surface area contributed by atoms with Gasteiger partial charge in [0.25, 0.3) is 0 Å². The van der Waals surface area contributed by atoms with Crippen LogP contribution in [0.3, 0.4) is 0 Å². The van der Waals surface area contributed by atoms with Crippen molar-refractivity contribution in [1.82, 2.24) is 10.2 Å². The van der Waals surface area contributed by atoms with E-state index in [1.165, 1.54) is 4.90 Å². The SMILES string of the molecule is Cl.N#CC1CC2CC2N1C(=O)C[C@@H](Cc1cc(F)c(F)cc1F)NC(=O)C(N)Cc1ccccc1. The van der Waals surface area contributed by atoms with Crippen molar-refractivity contribution in [2.45, 2.75) is 56.3 Å². The maximum atomic E-state index is 14.3. The van der Waals surface area contributed by atoms with Gasteiger partial charge in [0, 0.05) is 24.6 Å². The van der Waals surface area contributed by atoms with Crippen molar-refractivity contribution in [2.24, 2.45) is 11.7 Å². The van der Waals surface area contributed by atoms with Crippen molar-refractivity contribution in [1.29, 1.82) is 5.26 Å². The number of nitrogens with one attached hydrogen (secondary N) is 1. The van der Waals surface area contributed by atoms with Gasteiger partial charge in [0.15, 0.2) is 11.6 Å². The Bertz CT molecular complexity index is 1130. The van der Waals surface area contributed by atoms with Crippen molar-refractivity contribution in [3.63, 3.8) is 0 Å². The average molecular weight is 507 g/mol. The molecule has 0 bridgehead atoms. The topological polar surface area (TPSA) is 99.2 Å². The lowest BCUT2D eigenvalue weighted by molar-refractivity contribution is -0.133. The monoisotopic (exact) mass is 506 g/mol. The molecule has 0 radical (unpaired) electrons. The molecule has 0 spiro atoms. The maximum absolute atomic E-state index is 14.3. The van der Waals surface area contributed by atoms with Crippen LogP contribution in [0, 0.1) is 34.7 Å². The van der Waals surface area contributed by atoms with E-state index in [9.17, 15) is 28.0 Å². The predicted molar refractivity (Wildman–Crippen MR) is 125 cm³/mol. The zero-order valence-electron chi connectivity index (χ0n) is 18.8. The van der Waals surface area contributed by atoms with E-state index >= 15 is 0 Å². The summed E-state index contributed by atoms with van der Waals surface area (Å²) < 4.78 is 41.4. The normalized spacial score (nSPS) is 21.8. The van der Waals surface area contributed by atoms with Gasteiger partial charge in [-0.3, -0.25) is 9.59 Å². The maximum Gasteiger partial charge on any atom is 0.237 e. The molecule has 2 amide bonds. The van der Waals surface area contributed by atoms with Crippen LogP contribution in [-0.2, 0) is 22.4 Å². The van der Waals surface area contributed by atoms with E-state index in [1.54, 1.807) is 0 Å². The number of nitrogens with zero attached hydrogens (tertiary/aromatic N) is 2. The van der Waals surface area contributed by atoms with Crippen LogP contribution in [0.4, 0.5) is 13.2 Å². The highest BCUT2D eigenvalue weighted by atomic mass is 35.5. The largest absolute Gasteiger partial charge is 0.351 e. The number of hydrogen-bond acceptors (Lipinski definition) is 4. The second-order valence-electron chi connectivity index (χ2n) is 9.01. The zero-order valence-corrected chi connectivity index (χ0v) is 19.6. The summed E-state index contributed by atoms with van der Waals surface area (Å²) in [7, 11) is 0. The first-order valence-electron chi connectivity index (χ1n) is 11.2. The molecule has 2 aliphatic rings. The lowest BCUT2D eigenvalue weighted by atomic mass is 10.00. The first-order chi connectivity index (χ1) is 16.3. The van der Waals surface area contributed by atoms with E-state index in [2.05, 4.69) is 11.4 Å². The number of rotatable bonds is 8. The van der Waals surface area contributed by atoms with Crippen molar-refractivity contribution < 1.29 is 22.8 Å². The number of hydrogen-bond donors (Lipinski definition) is 2. The number of benzene rings is 2. The number of piperidine rings is 1. The summed E-state index contributed by atoms with van der Waals surface area (Å²) in [6, 6.07) is 10.1. The number of carbonyl (C=O) groups excluding carboxylic acids is 2. The third-order valence-corrected chi connectivity index (χ3v) is 6.50. The van der Waals surface area contributed by atoms with Crippen molar-refractivity contribution >= 4 is 24.2 Å². The van der Waals surface area contributed by atoms with Gasteiger partial charge in [0.2, 0.25) is 11.8 Å². The molecule has 5 atom stereocenters. The quantitative estimate of drug-likeness (QED) is 0.538. The molecule has 4 rings (SSSR count). The van der Waals surface area contributed by atoms with Gasteiger partial charge in [-0.25, -0.2) is 13.2 Å². The average Bonchev–Trinajstić information content (AvgIpc) is 3.46. The van der Waals surface area contributed by atoms with E-state index in [0.717, 1.165) is 18.1 Å². The molecular formula is C25H26ClF3N4O2. The summed E-state index contributed by atoms with van der Waals surface area (Å²) in [6.07, 6.45) is 1.24. The second-order valence-corrected chi connectivity index (χ2v) is 9.01. The van der Waals surface area contributed by atoms with Gasteiger partial charge in [-0.15, -0.1) is 12.4 Å².